The van der Waals surface area contributed by atoms with Gasteiger partial charge in [0.1, 0.15) is 5.82 Å². The van der Waals surface area contributed by atoms with Gasteiger partial charge in [0.2, 0.25) is 5.66 Å². The predicted octanol–water partition coefficient (Wildman–Crippen LogP) is 2.72. The van der Waals surface area contributed by atoms with Crippen molar-refractivity contribution in [3.05, 3.63) is 72.1 Å². The average molecular weight is 409 g/mol. The molecule has 146 valence electrons. The second kappa shape index (κ2) is 6.35. The third-order valence-corrected chi connectivity index (χ3v) is 5.98. The molecule has 0 saturated carbocycles. The van der Waals surface area contributed by atoms with Gasteiger partial charge >= 0.3 is 0 Å². The van der Waals surface area contributed by atoms with Crippen LogP contribution < -0.4 is 16.0 Å². The lowest BCUT2D eigenvalue weighted by molar-refractivity contribution is -0.136. The molecule has 9 heteroatoms. The van der Waals surface area contributed by atoms with Gasteiger partial charge in [-0.25, -0.2) is 9.40 Å². The molecular formula is C20H16FN5O2S. The summed E-state index contributed by atoms with van der Waals surface area (Å²) >= 11 is 1.29. The SMILES string of the molecule is C=CCSC1=NN2[C@H](C(=O)N1)c1ccccc1N[C@]21C(=O)Nc2ccc(F)cc21. The second-order valence-electron chi connectivity index (χ2n) is 6.81. The Morgan fingerprint density at radius 1 is 1.21 bits per heavy atom. The zero-order valence-corrected chi connectivity index (χ0v) is 15.9. The van der Waals surface area contributed by atoms with Crippen LogP contribution in [0.2, 0.25) is 0 Å². The van der Waals surface area contributed by atoms with Crippen molar-refractivity contribution in [1.82, 2.24) is 10.3 Å². The van der Waals surface area contributed by atoms with Gasteiger partial charge < -0.3 is 16.0 Å². The van der Waals surface area contributed by atoms with E-state index in [4.69, 9.17) is 0 Å². The molecular weight excluding hydrogens is 393 g/mol. The van der Waals surface area contributed by atoms with E-state index in [-0.39, 0.29) is 5.91 Å². The Morgan fingerprint density at radius 2 is 2.03 bits per heavy atom. The summed E-state index contributed by atoms with van der Waals surface area (Å²) in [5.41, 5.74) is 0.615. The topological polar surface area (TPSA) is 85.8 Å². The van der Waals surface area contributed by atoms with Crippen molar-refractivity contribution in [1.29, 1.82) is 0 Å². The van der Waals surface area contributed by atoms with Crippen molar-refractivity contribution >= 4 is 40.1 Å². The van der Waals surface area contributed by atoms with Crippen LogP contribution in [0, 0.1) is 5.82 Å². The minimum absolute atomic E-state index is 0.308. The Bertz CT molecular complexity index is 1100. The quantitative estimate of drug-likeness (QED) is 0.664. The summed E-state index contributed by atoms with van der Waals surface area (Å²) in [5, 5.41) is 15.2. The van der Waals surface area contributed by atoms with Gasteiger partial charge in [0.05, 0.1) is 0 Å². The van der Waals surface area contributed by atoms with Crippen LogP contribution in [-0.4, -0.2) is 27.7 Å². The first-order chi connectivity index (χ1) is 14.0. The number of hydrogen-bond donors (Lipinski definition) is 3. The van der Waals surface area contributed by atoms with Crippen molar-refractivity contribution in [3.63, 3.8) is 0 Å². The number of rotatable bonds is 2. The van der Waals surface area contributed by atoms with E-state index >= 15 is 0 Å². The lowest BCUT2D eigenvalue weighted by Gasteiger charge is -2.48. The number of hydrazone groups is 1. The molecule has 0 radical (unpaired) electrons. The number of hydrogen-bond acceptors (Lipinski definition) is 6. The van der Waals surface area contributed by atoms with Gasteiger partial charge in [-0.05, 0) is 24.3 Å². The smallest absolute Gasteiger partial charge is 0.277 e. The molecule has 0 fully saturated rings. The van der Waals surface area contributed by atoms with E-state index in [0.717, 1.165) is 0 Å². The Balaban J connectivity index is 1.76. The molecule has 5 rings (SSSR count). The van der Waals surface area contributed by atoms with Crippen LogP contribution in [0.5, 0.6) is 0 Å². The summed E-state index contributed by atoms with van der Waals surface area (Å²) in [7, 11) is 0. The maximum atomic E-state index is 14.2. The fourth-order valence-corrected chi connectivity index (χ4v) is 4.52. The summed E-state index contributed by atoms with van der Waals surface area (Å²) in [6.07, 6.45) is 1.69. The predicted molar refractivity (Wildman–Crippen MR) is 110 cm³/mol. The van der Waals surface area contributed by atoms with E-state index in [1.807, 2.05) is 18.2 Å². The fraction of sp³-hybridized carbons (Fsp3) is 0.150. The van der Waals surface area contributed by atoms with E-state index in [2.05, 4.69) is 27.6 Å². The minimum atomic E-state index is -1.55. The highest BCUT2D eigenvalue weighted by Gasteiger charge is 2.59. The van der Waals surface area contributed by atoms with Crippen LogP contribution in [0.1, 0.15) is 17.2 Å². The number of amidine groups is 1. The van der Waals surface area contributed by atoms with Crippen LogP contribution >= 0.6 is 11.8 Å². The summed E-state index contributed by atoms with van der Waals surface area (Å²) < 4.78 is 14.2. The first-order valence-corrected chi connectivity index (χ1v) is 9.94. The maximum Gasteiger partial charge on any atom is 0.277 e. The van der Waals surface area contributed by atoms with Crippen molar-refractivity contribution in [3.8, 4) is 0 Å². The Kier molecular flexibility index (Phi) is 3.88. The number of fused-ring (bicyclic) bond motifs is 6. The molecule has 2 atom stereocenters. The molecule has 3 heterocycles. The molecule has 3 N–H and O–H groups in total. The summed E-state index contributed by atoms with van der Waals surface area (Å²) in [5.74, 6) is -0.684. The number of halogens is 1. The fourth-order valence-electron chi connectivity index (χ4n) is 3.92. The Labute approximate surface area is 170 Å². The van der Waals surface area contributed by atoms with E-state index in [1.165, 1.54) is 35.0 Å². The number of benzene rings is 2. The molecule has 2 aromatic rings. The molecule has 0 aliphatic carbocycles. The van der Waals surface area contributed by atoms with Crippen LogP contribution in [0.15, 0.2) is 60.2 Å². The second-order valence-corrected chi connectivity index (χ2v) is 7.82. The number of thioether (sulfide) groups is 1. The number of amides is 2. The number of carbonyl (C=O) groups excluding carboxylic acids is 2. The Morgan fingerprint density at radius 3 is 2.86 bits per heavy atom. The van der Waals surface area contributed by atoms with Crippen LogP contribution in [0.3, 0.4) is 0 Å². The highest BCUT2D eigenvalue weighted by atomic mass is 32.2. The first-order valence-electron chi connectivity index (χ1n) is 8.95. The number of carbonyl (C=O) groups is 2. The van der Waals surface area contributed by atoms with Gasteiger partial charge in [0, 0.05) is 28.3 Å². The third kappa shape index (κ3) is 2.47. The van der Waals surface area contributed by atoms with Crippen LogP contribution in [0.25, 0.3) is 0 Å². The lowest BCUT2D eigenvalue weighted by Crippen LogP contribution is -2.63. The molecule has 3 aliphatic heterocycles. The van der Waals surface area contributed by atoms with Crippen LogP contribution in [-0.2, 0) is 15.3 Å². The normalized spacial score (nSPS) is 24.0. The highest BCUT2D eigenvalue weighted by Crippen LogP contribution is 2.50. The van der Waals surface area contributed by atoms with E-state index in [1.54, 1.807) is 12.1 Å². The standard InChI is InChI=1S/C20H16FN5O2S/c1-2-9-29-19-23-17(27)16-12-5-3-4-6-14(12)24-20(26(16)25-19)13-10-11(21)7-8-15(13)22-18(20)28/h2-8,10,16,24H,1,9H2,(H,22,28)(H,23,25,27)/t16-,20-/m0/s1. The van der Waals surface area contributed by atoms with Gasteiger partial charge in [0.25, 0.3) is 11.8 Å². The molecule has 0 unspecified atom stereocenters. The van der Waals surface area contributed by atoms with Gasteiger partial charge in [-0.1, -0.05) is 36.0 Å². The van der Waals surface area contributed by atoms with Crippen molar-refractivity contribution in [2.24, 2.45) is 5.10 Å². The largest absolute Gasteiger partial charge is 0.350 e. The zero-order valence-electron chi connectivity index (χ0n) is 15.1. The van der Waals surface area contributed by atoms with Gasteiger partial charge in [-0.15, -0.1) is 11.7 Å². The van der Waals surface area contributed by atoms with Gasteiger partial charge in [-0.2, -0.15) is 0 Å². The summed E-state index contributed by atoms with van der Waals surface area (Å²) in [4.78, 5) is 26.3. The molecule has 2 amide bonds. The van der Waals surface area contributed by atoms with Crippen molar-refractivity contribution in [2.45, 2.75) is 11.7 Å². The summed E-state index contributed by atoms with van der Waals surface area (Å²) in [6.45, 7) is 3.68. The van der Waals surface area contributed by atoms with Gasteiger partial charge in [-0.3, -0.25) is 9.59 Å². The molecule has 29 heavy (non-hydrogen) atoms. The average Bonchev–Trinajstić information content (AvgIpc) is 2.98. The van der Waals surface area contributed by atoms with E-state index in [9.17, 15) is 14.0 Å². The van der Waals surface area contributed by atoms with Crippen molar-refractivity contribution in [2.75, 3.05) is 16.4 Å². The number of nitrogens with zero attached hydrogens (tertiary/aromatic N) is 2. The van der Waals surface area contributed by atoms with E-state index in [0.29, 0.717) is 33.4 Å². The lowest BCUT2D eigenvalue weighted by atomic mass is 9.90. The number of nitrogens with one attached hydrogen (secondary N) is 3. The molecule has 2 aromatic carbocycles. The summed E-state index contributed by atoms with van der Waals surface area (Å²) in [6, 6.07) is 10.5. The highest BCUT2D eigenvalue weighted by molar-refractivity contribution is 8.14. The van der Waals surface area contributed by atoms with Crippen molar-refractivity contribution < 1.29 is 14.0 Å². The Hall–Kier alpha value is -3.33. The molecule has 0 aromatic heterocycles. The molecule has 1 spiro atoms. The zero-order chi connectivity index (χ0) is 20.2. The van der Waals surface area contributed by atoms with Gasteiger partial charge in [0.15, 0.2) is 11.2 Å². The van der Waals surface area contributed by atoms with E-state index < -0.39 is 23.4 Å². The first kappa shape index (κ1) is 17.7. The monoisotopic (exact) mass is 409 g/mol. The molecule has 3 aliphatic rings. The number of anilines is 2. The molecule has 0 saturated heterocycles. The molecule has 0 bridgehead atoms. The maximum absolute atomic E-state index is 14.2. The third-order valence-electron chi connectivity index (χ3n) is 5.12. The minimum Gasteiger partial charge on any atom is -0.350 e. The number of para-hydroxylation sites is 1. The molecule has 7 nitrogen and oxygen atoms in total. The van der Waals surface area contributed by atoms with Crippen LogP contribution in [0.4, 0.5) is 15.8 Å².